The third kappa shape index (κ3) is 7.68. The number of carbonyl (C=O) groups is 2. The predicted octanol–water partition coefficient (Wildman–Crippen LogP) is 4.03. The van der Waals surface area contributed by atoms with Crippen molar-refractivity contribution in [3.8, 4) is 0 Å². The summed E-state index contributed by atoms with van der Waals surface area (Å²) < 4.78 is 0. The molecule has 0 saturated heterocycles. The van der Waals surface area contributed by atoms with Gasteiger partial charge in [-0.25, -0.2) is 4.79 Å². The van der Waals surface area contributed by atoms with Gasteiger partial charge in [0.1, 0.15) is 6.04 Å². The maximum absolute atomic E-state index is 12.7. The zero-order valence-electron chi connectivity index (χ0n) is 16.3. The lowest BCUT2D eigenvalue weighted by Crippen LogP contribution is -2.57. The number of carboxylic acid groups (broad SMARTS) is 1. The number of rotatable bonds is 10. The normalized spacial score (nSPS) is 12.5. The predicted molar refractivity (Wildman–Crippen MR) is 109 cm³/mol. The minimum atomic E-state index is -1.05. The smallest absolute Gasteiger partial charge is 0.408 e. The van der Waals surface area contributed by atoms with E-state index in [9.17, 15) is 14.7 Å². The molecule has 0 aliphatic rings. The highest BCUT2D eigenvalue weighted by molar-refractivity contribution is 7.99. The van der Waals surface area contributed by atoms with E-state index in [1.807, 2.05) is 39.0 Å². The lowest BCUT2D eigenvalue weighted by molar-refractivity contribution is -0.127. The first-order chi connectivity index (χ1) is 12.3. The molecule has 146 valence electrons. The molecule has 1 aromatic carbocycles. The fraction of sp³-hybridized carbons (Fsp3) is 0.600. The van der Waals surface area contributed by atoms with Crippen molar-refractivity contribution in [3.63, 3.8) is 0 Å². The van der Waals surface area contributed by atoms with E-state index in [0.717, 1.165) is 24.3 Å². The van der Waals surface area contributed by atoms with Crippen LogP contribution in [0, 0.1) is 0 Å². The summed E-state index contributed by atoms with van der Waals surface area (Å²) in [6.07, 6.45) is 1.18. The van der Waals surface area contributed by atoms with Crippen molar-refractivity contribution in [2.75, 3.05) is 18.1 Å². The monoisotopic (exact) mass is 380 g/mol. The van der Waals surface area contributed by atoms with Crippen LogP contribution in [0.1, 0.15) is 46.1 Å². The van der Waals surface area contributed by atoms with E-state index in [4.69, 9.17) is 0 Å². The summed E-state index contributed by atoms with van der Waals surface area (Å²) in [7, 11) is 0. The first kappa shape index (κ1) is 22.4. The van der Waals surface area contributed by atoms with Gasteiger partial charge >= 0.3 is 6.09 Å². The highest BCUT2D eigenvalue weighted by Gasteiger charge is 2.36. The van der Waals surface area contributed by atoms with E-state index in [1.165, 1.54) is 10.5 Å². The first-order valence-electron chi connectivity index (χ1n) is 9.19. The third-order valence-electron chi connectivity index (χ3n) is 4.07. The van der Waals surface area contributed by atoms with Crippen LogP contribution in [-0.4, -0.2) is 51.6 Å². The standard InChI is InChI=1S/C20H32N2O3S/c1-5-26-15-13-17(22(19(24)25)20(2,3)4)18(23)21-14-9-12-16-10-7-6-8-11-16/h6-8,10-11,17H,5,9,12-15H2,1-4H3,(H,21,23)(H,24,25)/t17-/m1/s1. The van der Waals surface area contributed by atoms with Crippen LogP contribution in [0.5, 0.6) is 0 Å². The number of thioether (sulfide) groups is 1. The molecule has 0 aromatic heterocycles. The average Bonchev–Trinajstić information content (AvgIpc) is 2.57. The quantitative estimate of drug-likeness (QED) is 0.601. The maximum atomic E-state index is 12.7. The van der Waals surface area contributed by atoms with Crippen molar-refractivity contribution in [2.24, 2.45) is 0 Å². The van der Waals surface area contributed by atoms with Crippen LogP contribution in [0.2, 0.25) is 0 Å². The molecule has 0 saturated carbocycles. The Balaban J connectivity index is 2.66. The van der Waals surface area contributed by atoms with Gasteiger partial charge in [0.25, 0.3) is 0 Å². The zero-order valence-corrected chi connectivity index (χ0v) is 17.1. The maximum Gasteiger partial charge on any atom is 0.408 e. The summed E-state index contributed by atoms with van der Waals surface area (Å²) in [5.74, 6) is 1.51. The van der Waals surface area contributed by atoms with Gasteiger partial charge in [-0.3, -0.25) is 9.69 Å². The van der Waals surface area contributed by atoms with E-state index in [0.29, 0.717) is 13.0 Å². The second-order valence-electron chi connectivity index (χ2n) is 7.20. The first-order valence-corrected chi connectivity index (χ1v) is 10.3. The number of carbonyl (C=O) groups excluding carboxylic acids is 1. The fourth-order valence-corrected chi connectivity index (χ4v) is 3.55. The number of nitrogens with one attached hydrogen (secondary N) is 1. The van der Waals surface area contributed by atoms with Gasteiger partial charge in [0.2, 0.25) is 5.91 Å². The molecule has 0 fully saturated rings. The number of hydrogen-bond donors (Lipinski definition) is 2. The van der Waals surface area contributed by atoms with Crippen molar-refractivity contribution in [2.45, 2.75) is 58.5 Å². The number of nitrogens with zero attached hydrogens (tertiary/aromatic N) is 1. The largest absolute Gasteiger partial charge is 0.465 e. The molecule has 0 heterocycles. The number of benzene rings is 1. The average molecular weight is 381 g/mol. The van der Waals surface area contributed by atoms with Crippen LogP contribution in [0.15, 0.2) is 30.3 Å². The number of aryl methyl sites for hydroxylation is 1. The summed E-state index contributed by atoms with van der Waals surface area (Å²) in [4.78, 5) is 25.8. The molecule has 26 heavy (non-hydrogen) atoms. The molecule has 0 unspecified atom stereocenters. The van der Waals surface area contributed by atoms with Gasteiger partial charge in [-0.2, -0.15) is 11.8 Å². The van der Waals surface area contributed by atoms with Gasteiger partial charge in [0.05, 0.1) is 0 Å². The van der Waals surface area contributed by atoms with Gasteiger partial charge < -0.3 is 10.4 Å². The number of hydrogen-bond acceptors (Lipinski definition) is 3. The van der Waals surface area contributed by atoms with Crippen molar-refractivity contribution >= 4 is 23.8 Å². The molecule has 5 nitrogen and oxygen atoms in total. The lowest BCUT2D eigenvalue weighted by atomic mass is 10.0. The molecule has 1 atom stereocenters. The van der Waals surface area contributed by atoms with Gasteiger partial charge in [-0.05, 0) is 57.1 Å². The molecule has 0 bridgehead atoms. The molecule has 6 heteroatoms. The van der Waals surface area contributed by atoms with Crippen LogP contribution in [-0.2, 0) is 11.2 Å². The second-order valence-corrected chi connectivity index (χ2v) is 8.60. The molecule has 1 rings (SSSR count). The second kappa shape index (κ2) is 11.1. The Labute approximate surface area is 161 Å². The highest BCUT2D eigenvalue weighted by atomic mass is 32.2. The summed E-state index contributed by atoms with van der Waals surface area (Å²) in [6, 6.07) is 9.46. The zero-order chi connectivity index (χ0) is 19.6. The molecular formula is C20H32N2O3S. The van der Waals surface area contributed by atoms with Crippen molar-refractivity contribution in [3.05, 3.63) is 35.9 Å². The van der Waals surface area contributed by atoms with E-state index < -0.39 is 17.7 Å². The molecule has 0 radical (unpaired) electrons. The van der Waals surface area contributed by atoms with E-state index >= 15 is 0 Å². The Morgan fingerprint density at radius 2 is 1.88 bits per heavy atom. The highest BCUT2D eigenvalue weighted by Crippen LogP contribution is 2.21. The molecule has 2 amide bonds. The molecule has 2 N–H and O–H groups in total. The third-order valence-corrected chi connectivity index (χ3v) is 5.00. The van der Waals surface area contributed by atoms with Gasteiger partial charge in [0, 0.05) is 12.1 Å². The van der Waals surface area contributed by atoms with E-state index in [1.54, 1.807) is 11.8 Å². The van der Waals surface area contributed by atoms with Gasteiger partial charge in [0.15, 0.2) is 0 Å². The van der Waals surface area contributed by atoms with Crippen molar-refractivity contribution in [1.82, 2.24) is 10.2 Å². The fourth-order valence-electron chi connectivity index (χ4n) is 2.87. The minimum Gasteiger partial charge on any atom is -0.465 e. The summed E-state index contributed by atoms with van der Waals surface area (Å²) in [6.45, 7) is 8.07. The van der Waals surface area contributed by atoms with Crippen LogP contribution >= 0.6 is 11.8 Å². The minimum absolute atomic E-state index is 0.202. The van der Waals surface area contributed by atoms with Gasteiger partial charge in [-0.1, -0.05) is 37.3 Å². The molecule has 1 aromatic rings. The Morgan fingerprint density at radius 3 is 2.42 bits per heavy atom. The number of amides is 2. The summed E-state index contributed by atoms with van der Waals surface area (Å²) in [5, 5.41) is 12.6. The molecular weight excluding hydrogens is 348 g/mol. The summed E-state index contributed by atoms with van der Waals surface area (Å²) in [5.41, 5.74) is 0.605. The Kier molecular flexibility index (Phi) is 9.55. The van der Waals surface area contributed by atoms with Crippen LogP contribution in [0.25, 0.3) is 0 Å². The molecule has 0 aliphatic carbocycles. The SMILES string of the molecule is CCSCC[C@H](C(=O)NCCCc1ccccc1)N(C(=O)O)C(C)(C)C. The van der Waals surface area contributed by atoms with Gasteiger partial charge in [-0.15, -0.1) is 0 Å². The van der Waals surface area contributed by atoms with Crippen LogP contribution < -0.4 is 5.32 Å². The topological polar surface area (TPSA) is 69.6 Å². The van der Waals surface area contributed by atoms with Crippen LogP contribution in [0.3, 0.4) is 0 Å². The van der Waals surface area contributed by atoms with E-state index in [-0.39, 0.29) is 5.91 Å². The van der Waals surface area contributed by atoms with Crippen molar-refractivity contribution < 1.29 is 14.7 Å². The van der Waals surface area contributed by atoms with Crippen LogP contribution in [0.4, 0.5) is 4.79 Å². The summed E-state index contributed by atoms with van der Waals surface area (Å²) >= 11 is 1.72. The Hall–Kier alpha value is -1.69. The molecule has 0 spiro atoms. The Bertz CT molecular complexity index is 558. The molecule has 0 aliphatic heterocycles. The lowest BCUT2D eigenvalue weighted by Gasteiger charge is -2.38. The van der Waals surface area contributed by atoms with E-state index in [2.05, 4.69) is 24.4 Å². The Morgan fingerprint density at radius 1 is 1.23 bits per heavy atom. The van der Waals surface area contributed by atoms with Crippen molar-refractivity contribution in [1.29, 1.82) is 0 Å².